The largest absolute Gasteiger partial charge is 0.497 e. The molecule has 1 saturated heterocycles. The Morgan fingerprint density at radius 3 is 2.39 bits per heavy atom. The minimum atomic E-state index is -0.0364. The molecule has 184 valence electrons. The molecule has 1 aliphatic heterocycles. The highest BCUT2D eigenvalue weighted by atomic mass is 127. The van der Waals surface area contributed by atoms with Gasteiger partial charge in [-0.2, -0.15) is 0 Å². The number of ether oxygens (including phenoxy) is 1. The van der Waals surface area contributed by atoms with Gasteiger partial charge in [-0.3, -0.25) is 9.89 Å². The van der Waals surface area contributed by atoms with Crippen LogP contribution >= 0.6 is 24.0 Å². The first-order valence-electron chi connectivity index (χ1n) is 11.4. The zero-order chi connectivity index (χ0) is 23.0. The van der Waals surface area contributed by atoms with Crippen molar-refractivity contribution >= 4 is 35.6 Å². The van der Waals surface area contributed by atoms with E-state index in [-0.39, 0.29) is 29.4 Å². The van der Waals surface area contributed by atoms with E-state index in [0.29, 0.717) is 12.4 Å². The summed E-state index contributed by atoms with van der Waals surface area (Å²) in [5.74, 6) is 3.24. The average Bonchev–Trinajstić information content (AvgIpc) is 3.29. The molecule has 9 heteroatoms. The molecule has 1 aromatic carbocycles. The fourth-order valence-electron chi connectivity index (χ4n) is 3.65. The number of halogens is 1. The van der Waals surface area contributed by atoms with E-state index in [9.17, 15) is 0 Å². The van der Waals surface area contributed by atoms with Crippen LogP contribution in [0.5, 0.6) is 5.75 Å². The molecule has 2 N–H and O–H groups in total. The molecule has 0 unspecified atom stereocenters. The minimum Gasteiger partial charge on any atom is -0.497 e. The first-order valence-corrected chi connectivity index (χ1v) is 11.4. The third kappa shape index (κ3) is 8.37. The second-order valence-electron chi connectivity index (χ2n) is 9.10. The zero-order valence-corrected chi connectivity index (χ0v) is 22.9. The number of aromatic nitrogens is 1. The molecule has 3 rings (SSSR count). The van der Waals surface area contributed by atoms with E-state index in [1.54, 1.807) is 14.2 Å². The molecule has 0 spiro atoms. The van der Waals surface area contributed by atoms with Crippen LogP contribution in [-0.2, 0) is 12.0 Å². The Labute approximate surface area is 215 Å². The Bertz CT molecular complexity index is 855. The standard InChI is InChI=1S/C24H38N6O2.HI/c1-24(2,3)21-17-27-22(32-21)18-28-23(25-4)26-11-6-12-29-13-15-30(16-14-29)19-7-9-20(31-5)10-8-19;/h7-10,17H,6,11-16,18H2,1-5H3,(H2,25,26,28);1H. The van der Waals surface area contributed by atoms with E-state index >= 15 is 0 Å². The number of aliphatic imine (C=N–C) groups is 1. The van der Waals surface area contributed by atoms with Gasteiger partial charge in [0.15, 0.2) is 5.96 Å². The van der Waals surface area contributed by atoms with Crippen molar-refractivity contribution in [1.82, 2.24) is 20.5 Å². The van der Waals surface area contributed by atoms with Crippen molar-refractivity contribution in [3.63, 3.8) is 0 Å². The fourth-order valence-corrected chi connectivity index (χ4v) is 3.65. The Hall–Kier alpha value is -2.01. The summed E-state index contributed by atoms with van der Waals surface area (Å²) in [5, 5.41) is 6.66. The van der Waals surface area contributed by atoms with Crippen LogP contribution in [0.15, 0.2) is 39.9 Å². The van der Waals surface area contributed by atoms with Gasteiger partial charge in [0, 0.05) is 50.9 Å². The molecular weight excluding hydrogens is 531 g/mol. The van der Waals surface area contributed by atoms with Crippen LogP contribution < -0.4 is 20.3 Å². The number of piperazine rings is 1. The lowest BCUT2D eigenvalue weighted by atomic mass is 9.94. The van der Waals surface area contributed by atoms with Gasteiger partial charge in [0.25, 0.3) is 0 Å². The van der Waals surface area contributed by atoms with Crippen LogP contribution in [0, 0.1) is 0 Å². The number of hydrogen-bond acceptors (Lipinski definition) is 6. The summed E-state index contributed by atoms with van der Waals surface area (Å²) in [5.41, 5.74) is 1.23. The van der Waals surface area contributed by atoms with Gasteiger partial charge in [0.2, 0.25) is 5.89 Å². The molecule has 1 aliphatic rings. The number of nitrogens with zero attached hydrogens (tertiary/aromatic N) is 4. The lowest BCUT2D eigenvalue weighted by Crippen LogP contribution is -2.47. The SMILES string of the molecule is CN=C(NCCCN1CCN(c2ccc(OC)cc2)CC1)NCc1ncc(C(C)(C)C)o1.I. The fraction of sp³-hybridized carbons (Fsp3) is 0.583. The van der Waals surface area contributed by atoms with Crippen molar-refractivity contribution in [2.75, 3.05) is 58.3 Å². The molecule has 2 heterocycles. The summed E-state index contributed by atoms with van der Waals surface area (Å²) in [7, 11) is 3.48. The topological polar surface area (TPSA) is 78.2 Å². The molecule has 8 nitrogen and oxygen atoms in total. The number of oxazole rings is 1. The maximum atomic E-state index is 5.83. The van der Waals surface area contributed by atoms with Crippen molar-refractivity contribution in [3.8, 4) is 5.75 Å². The summed E-state index contributed by atoms with van der Waals surface area (Å²) < 4.78 is 11.1. The summed E-state index contributed by atoms with van der Waals surface area (Å²) >= 11 is 0. The molecule has 0 aliphatic carbocycles. The normalized spacial score (nSPS) is 15.2. The van der Waals surface area contributed by atoms with Gasteiger partial charge in [-0.25, -0.2) is 4.98 Å². The van der Waals surface area contributed by atoms with E-state index < -0.39 is 0 Å². The molecule has 0 radical (unpaired) electrons. The monoisotopic (exact) mass is 570 g/mol. The van der Waals surface area contributed by atoms with Crippen LogP contribution in [0.3, 0.4) is 0 Å². The molecular formula is C24H39IN6O2. The first-order chi connectivity index (χ1) is 15.4. The van der Waals surface area contributed by atoms with Crippen LogP contribution in [0.1, 0.15) is 38.8 Å². The van der Waals surface area contributed by atoms with Gasteiger partial charge in [-0.15, -0.1) is 24.0 Å². The minimum absolute atomic E-state index is 0. The predicted molar refractivity (Wildman–Crippen MR) is 145 cm³/mol. The Morgan fingerprint density at radius 2 is 1.82 bits per heavy atom. The van der Waals surface area contributed by atoms with Gasteiger partial charge in [-0.05, 0) is 37.2 Å². The van der Waals surface area contributed by atoms with Crippen molar-refractivity contribution in [2.45, 2.75) is 39.2 Å². The molecule has 0 atom stereocenters. The highest BCUT2D eigenvalue weighted by Crippen LogP contribution is 2.22. The van der Waals surface area contributed by atoms with E-state index in [1.165, 1.54) is 5.69 Å². The third-order valence-electron chi connectivity index (χ3n) is 5.68. The van der Waals surface area contributed by atoms with Gasteiger partial charge in [-0.1, -0.05) is 20.8 Å². The van der Waals surface area contributed by atoms with Crippen LogP contribution in [-0.4, -0.2) is 69.3 Å². The second kappa shape index (κ2) is 13.0. The van der Waals surface area contributed by atoms with E-state index in [1.807, 2.05) is 18.3 Å². The number of nitrogens with one attached hydrogen (secondary N) is 2. The van der Waals surface area contributed by atoms with Gasteiger partial charge in [0.1, 0.15) is 11.5 Å². The lowest BCUT2D eigenvalue weighted by Gasteiger charge is -2.36. The number of anilines is 1. The zero-order valence-electron chi connectivity index (χ0n) is 20.6. The average molecular weight is 571 g/mol. The maximum absolute atomic E-state index is 5.83. The highest BCUT2D eigenvalue weighted by molar-refractivity contribution is 14.0. The van der Waals surface area contributed by atoms with E-state index in [2.05, 4.69) is 63.3 Å². The molecule has 0 bridgehead atoms. The van der Waals surface area contributed by atoms with Crippen molar-refractivity contribution < 1.29 is 9.15 Å². The van der Waals surface area contributed by atoms with Crippen LogP contribution in [0.2, 0.25) is 0 Å². The maximum Gasteiger partial charge on any atom is 0.213 e. The molecule has 2 aromatic rings. The highest BCUT2D eigenvalue weighted by Gasteiger charge is 2.19. The summed E-state index contributed by atoms with van der Waals surface area (Å²) in [6.45, 7) is 13.1. The Balaban J connectivity index is 0.00000385. The van der Waals surface area contributed by atoms with Gasteiger partial charge >= 0.3 is 0 Å². The van der Waals surface area contributed by atoms with Gasteiger partial charge < -0.3 is 24.7 Å². The quantitative estimate of drug-likeness (QED) is 0.218. The molecule has 33 heavy (non-hydrogen) atoms. The van der Waals surface area contributed by atoms with Gasteiger partial charge in [0.05, 0.1) is 19.9 Å². The summed E-state index contributed by atoms with van der Waals surface area (Å²) in [4.78, 5) is 13.6. The number of methoxy groups -OCH3 is 1. The second-order valence-corrected chi connectivity index (χ2v) is 9.10. The molecule has 1 aromatic heterocycles. The Morgan fingerprint density at radius 1 is 1.12 bits per heavy atom. The van der Waals surface area contributed by atoms with Crippen LogP contribution in [0.4, 0.5) is 5.69 Å². The molecule has 0 saturated carbocycles. The number of benzene rings is 1. The number of rotatable bonds is 8. The Kier molecular flexibility index (Phi) is 10.7. The number of hydrogen-bond donors (Lipinski definition) is 2. The van der Waals surface area contributed by atoms with Crippen molar-refractivity contribution in [3.05, 3.63) is 42.1 Å². The van der Waals surface area contributed by atoms with Crippen molar-refractivity contribution in [1.29, 1.82) is 0 Å². The predicted octanol–water partition coefficient (Wildman–Crippen LogP) is 3.48. The molecule has 1 fully saturated rings. The lowest BCUT2D eigenvalue weighted by molar-refractivity contribution is 0.255. The first kappa shape index (κ1) is 27.2. The number of guanidine groups is 1. The summed E-state index contributed by atoms with van der Waals surface area (Å²) in [6, 6.07) is 8.33. The third-order valence-corrected chi connectivity index (χ3v) is 5.68. The molecule has 0 amide bonds. The smallest absolute Gasteiger partial charge is 0.213 e. The van der Waals surface area contributed by atoms with E-state index in [0.717, 1.165) is 63.2 Å². The van der Waals surface area contributed by atoms with E-state index in [4.69, 9.17) is 9.15 Å². The summed E-state index contributed by atoms with van der Waals surface area (Å²) in [6.07, 6.45) is 2.87. The van der Waals surface area contributed by atoms with Crippen LogP contribution in [0.25, 0.3) is 0 Å². The van der Waals surface area contributed by atoms with Crippen molar-refractivity contribution in [2.24, 2.45) is 4.99 Å².